The fourth-order valence-corrected chi connectivity index (χ4v) is 2.63. The summed E-state index contributed by atoms with van der Waals surface area (Å²) in [6.45, 7) is 0. The van der Waals surface area contributed by atoms with Crippen LogP contribution in [0.5, 0.6) is 0 Å². The molecular weight excluding hydrogens is 242 g/mol. The topological polar surface area (TPSA) is 66.4 Å². The van der Waals surface area contributed by atoms with Crippen LogP contribution in [-0.2, 0) is 4.79 Å². The summed E-state index contributed by atoms with van der Waals surface area (Å²) >= 11 is 0. The molecule has 19 heavy (non-hydrogen) atoms. The number of benzene rings is 1. The Morgan fingerprint density at radius 3 is 2.42 bits per heavy atom. The van der Waals surface area contributed by atoms with E-state index < -0.39 is 12.0 Å². The first-order valence-electron chi connectivity index (χ1n) is 6.75. The quantitative estimate of drug-likeness (QED) is 0.855. The third kappa shape index (κ3) is 3.81. The van der Waals surface area contributed by atoms with Gasteiger partial charge in [-0.05, 0) is 24.5 Å². The van der Waals surface area contributed by atoms with Crippen LogP contribution in [0.25, 0.3) is 0 Å². The van der Waals surface area contributed by atoms with Gasteiger partial charge in [-0.2, -0.15) is 0 Å². The van der Waals surface area contributed by atoms with E-state index in [9.17, 15) is 14.7 Å². The van der Waals surface area contributed by atoms with E-state index in [2.05, 4.69) is 5.32 Å². The van der Waals surface area contributed by atoms with Gasteiger partial charge in [0.25, 0.3) is 5.91 Å². The summed E-state index contributed by atoms with van der Waals surface area (Å²) < 4.78 is 0. The van der Waals surface area contributed by atoms with Crippen LogP contribution >= 0.6 is 0 Å². The Labute approximate surface area is 112 Å². The Morgan fingerprint density at radius 1 is 1.21 bits per heavy atom. The van der Waals surface area contributed by atoms with Gasteiger partial charge < -0.3 is 10.4 Å². The summed E-state index contributed by atoms with van der Waals surface area (Å²) in [4.78, 5) is 23.2. The highest BCUT2D eigenvalue weighted by molar-refractivity contribution is 5.96. The molecule has 0 saturated heterocycles. The van der Waals surface area contributed by atoms with Crippen molar-refractivity contribution < 1.29 is 14.7 Å². The second-order valence-electron chi connectivity index (χ2n) is 5.12. The van der Waals surface area contributed by atoms with E-state index in [1.165, 1.54) is 12.8 Å². The van der Waals surface area contributed by atoms with Crippen LogP contribution in [0.3, 0.4) is 0 Å². The molecule has 0 spiro atoms. The molecule has 0 aliphatic heterocycles. The van der Waals surface area contributed by atoms with Gasteiger partial charge in [0.1, 0.15) is 6.04 Å². The summed E-state index contributed by atoms with van der Waals surface area (Å²) in [5.74, 6) is -0.834. The number of carbonyl (C=O) groups excluding carboxylic acids is 1. The fraction of sp³-hybridized carbons (Fsp3) is 0.467. The fourth-order valence-electron chi connectivity index (χ4n) is 2.63. The van der Waals surface area contributed by atoms with Gasteiger partial charge in [0.2, 0.25) is 0 Å². The molecule has 1 amide bonds. The van der Waals surface area contributed by atoms with Crippen LogP contribution in [0.1, 0.15) is 42.5 Å². The number of carboxylic acids is 1. The Morgan fingerprint density at radius 2 is 1.84 bits per heavy atom. The van der Waals surface area contributed by atoms with Gasteiger partial charge in [0.15, 0.2) is 0 Å². The molecule has 2 N–H and O–H groups in total. The highest BCUT2D eigenvalue weighted by Gasteiger charge is 2.26. The summed E-state index contributed by atoms with van der Waals surface area (Å²) in [6, 6.07) is 7.94. The highest BCUT2D eigenvalue weighted by atomic mass is 16.4. The molecule has 1 aromatic rings. The minimum atomic E-state index is -0.948. The largest absolute Gasteiger partial charge is 0.480 e. The molecular formula is C15H19NO3. The number of carboxylic acid groups (broad SMARTS) is 1. The molecule has 102 valence electrons. The first-order valence-corrected chi connectivity index (χ1v) is 6.75. The van der Waals surface area contributed by atoms with Gasteiger partial charge in [-0.1, -0.05) is 43.9 Å². The lowest BCUT2D eigenvalue weighted by Gasteiger charge is -2.18. The zero-order valence-corrected chi connectivity index (χ0v) is 10.8. The van der Waals surface area contributed by atoms with E-state index >= 15 is 0 Å². The number of hydrogen-bond acceptors (Lipinski definition) is 2. The van der Waals surface area contributed by atoms with Gasteiger partial charge in [-0.25, -0.2) is 4.79 Å². The van der Waals surface area contributed by atoms with Gasteiger partial charge >= 0.3 is 5.97 Å². The molecule has 4 nitrogen and oxygen atoms in total. The predicted octanol–water partition coefficient (Wildman–Crippen LogP) is 2.45. The maximum atomic E-state index is 12.0. The molecule has 4 heteroatoms. The zero-order chi connectivity index (χ0) is 13.7. The van der Waals surface area contributed by atoms with Gasteiger partial charge in [0.05, 0.1) is 0 Å². The van der Waals surface area contributed by atoms with Crippen LogP contribution in [-0.4, -0.2) is 23.0 Å². The number of rotatable bonds is 5. The molecule has 1 aliphatic carbocycles. The molecule has 0 bridgehead atoms. The van der Waals surface area contributed by atoms with Crippen molar-refractivity contribution in [1.29, 1.82) is 0 Å². The van der Waals surface area contributed by atoms with Crippen LogP contribution in [0.4, 0.5) is 0 Å². The SMILES string of the molecule is O=C(NC(CC1CCCC1)C(=O)O)c1ccccc1. The van der Waals surface area contributed by atoms with Gasteiger partial charge in [0, 0.05) is 5.56 Å². The smallest absolute Gasteiger partial charge is 0.326 e. The average molecular weight is 261 g/mol. The third-order valence-corrected chi connectivity index (χ3v) is 3.68. The van der Waals surface area contributed by atoms with E-state index in [0.717, 1.165) is 12.8 Å². The standard InChI is InChI=1S/C15H19NO3/c17-14(12-8-2-1-3-9-12)16-13(15(18)19)10-11-6-4-5-7-11/h1-3,8-9,11,13H,4-7,10H2,(H,16,17)(H,18,19). The molecule has 1 saturated carbocycles. The molecule has 0 radical (unpaired) electrons. The number of aliphatic carboxylic acids is 1. The monoisotopic (exact) mass is 261 g/mol. The number of carbonyl (C=O) groups is 2. The van der Waals surface area contributed by atoms with E-state index in [4.69, 9.17) is 0 Å². The van der Waals surface area contributed by atoms with Crippen molar-refractivity contribution in [3.8, 4) is 0 Å². The van der Waals surface area contributed by atoms with Crippen molar-refractivity contribution in [3.05, 3.63) is 35.9 Å². The zero-order valence-electron chi connectivity index (χ0n) is 10.8. The molecule has 0 aromatic heterocycles. The lowest BCUT2D eigenvalue weighted by molar-refractivity contribution is -0.139. The summed E-state index contributed by atoms with van der Waals surface area (Å²) in [5, 5.41) is 11.8. The minimum Gasteiger partial charge on any atom is -0.480 e. The Kier molecular flexibility index (Phi) is 4.55. The predicted molar refractivity (Wildman–Crippen MR) is 71.9 cm³/mol. The normalized spacial score (nSPS) is 17.1. The first-order chi connectivity index (χ1) is 9.16. The average Bonchev–Trinajstić information content (AvgIpc) is 2.91. The third-order valence-electron chi connectivity index (χ3n) is 3.68. The maximum Gasteiger partial charge on any atom is 0.326 e. The van der Waals surface area contributed by atoms with Crippen molar-refractivity contribution in [2.24, 2.45) is 5.92 Å². The van der Waals surface area contributed by atoms with E-state index in [-0.39, 0.29) is 5.91 Å². The van der Waals surface area contributed by atoms with Crippen molar-refractivity contribution >= 4 is 11.9 Å². The van der Waals surface area contributed by atoms with Crippen LogP contribution < -0.4 is 5.32 Å². The van der Waals surface area contributed by atoms with E-state index in [1.807, 2.05) is 6.07 Å². The summed E-state index contributed by atoms with van der Waals surface area (Å²) in [6.07, 6.45) is 5.02. The van der Waals surface area contributed by atoms with Crippen LogP contribution in [0.15, 0.2) is 30.3 Å². The van der Waals surface area contributed by atoms with Crippen molar-refractivity contribution in [2.75, 3.05) is 0 Å². The molecule has 0 heterocycles. The van der Waals surface area contributed by atoms with Crippen LogP contribution in [0, 0.1) is 5.92 Å². The lowest BCUT2D eigenvalue weighted by Crippen LogP contribution is -2.41. The van der Waals surface area contributed by atoms with Crippen molar-refractivity contribution in [1.82, 2.24) is 5.32 Å². The van der Waals surface area contributed by atoms with Crippen LogP contribution in [0.2, 0.25) is 0 Å². The van der Waals surface area contributed by atoms with E-state index in [0.29, 0.717) is 17.9 Å². The second kappa shape index (κ2) is 6.36. The Hall–Kier alpha value is -1.84. The Bertz CT molecular complexity index is 438. The molecule has 1 atom stereocenters. The number of amides is 1. The molecule has 1 fully saturated rings. The minimum absolute atomic E-state index is 0.314. The maximum absolute atomic E-state index is 12.0. The second-order valence-corrected chi connectivity index (χ2v) is 5.12. The first kappa shape index (κ1) is 13.6. The summed E-state index contributed by atoms with van der Waals surface area (Å²) in [7, 11) is 0. The van der Waals surface area contributed by atoms with Crippen molar-refractivity contribution in [2.45, 2.75) is 38.1 Å². The number of nitrogens with one attached hydrogen (secondary N) is 1. The summed E-state index contributed by atoms with van der Waals surface area (Å²) in [5.41, 5.74) is 0.500. The Balaban J connectivity index is 1.96. The molecule has 2 rings (SSSR count). The number of hydrogen-bond donors (Lipinski definition) is 2. The van der Waals surface area contributed by atoms with Gasteiger partial charge in [-0.15, -0.1) is 0 Å². The van der Waals surface area contributed by atoms with Crippen molar-refractivity contribution in [3.63, 3.8) is 0 Å². The molecule has 1 unspecified atom stereocenters. The molecule has 1 aliphatic rings. The molecule has 1 aromatic carbocycles. The lowest BCUT2D eigenvalue weighted by atomic mass is 9.98. The van der Waals surface area contributed by atoms with Gasteiger partial charge in [-0.3, -0.25) is 4.79 Å². The highest BCUT2D eigenvalue weighted by Crippen LogP contribution is 2.28. The van der Waals surface area contributed by atoms with E-state index in [1.54, 1.807) is 24.3 Å².